The number of hydrogen-bond acceptors (Lipinski definition) is 4. The standard InChI is InChI=1S/C25H35FN2O2/c1-27(2)15-5-7-24(29)19-8-13-23-20(17-19)18-30-25(23,14-6-16-28(3)4)21-9-11-22(26)12-10-21/h8-13,17,24,29H,5-7,14-16,18H2,1-4H3. The molecule has 2 unspecified atom stereocenters. The normalized spacial score (nSPS) is 19.5. The molecular formula is C25H35FN2O2. The molecule has 2 aromatic carbocycles. The lowest BCUT2D eigenvalue weighted by molar-refractivity contribution is -0.0140. The molecule has 0 spiro atoms. The number of hydrogen-bond donors (Lipinski definition) is 1. The van der Waals surface area contributed by atoms with E-state index < -0.39 is 11.7 Å². The van der Waals surface area contributed by atoms with Crippen molar-refractivity contribution in [3.63, 3.8) is 0 Å². The highest BCUT2D eigenvalue weighted by atomic mass is 19.1. The molecule has 0 amide bonds. The molecule has 0 saturated carbocycles. The van der Waals surface area contributed by atoms with Gasteiger partial charge in [-0.15, -0.1) is 0 Å². The van der Waals surface area contributed by atoms with Crippen molar-refractivity contribution in [2.75, 3.05) is 41.3 Å². The Kier molecular flexibility index (Phi) is 7.64. The number of aliphatic hydroxyl groups is 1. The maximum absolute atomic E-state index is 13.6. The third-order valence-electron chi connectivity index (χ3n) is 5.95. The molecule has 1 aliphatic heterocycles. The fourth-order valence-corrected chi connectivity index (χ4v) is 4.33. The van der Waals surface area contributed by atoms with Crippen LogP contribution in [0.5, 0.6) is 0 Å². The van der Waals surface area contributed by atoms with Gasteiger partial charge in [-0.25, -0.2) is 4.39 Å². The maximum atomic E-state index is 13.6. The van der Waals surface area contributed by atoms with Gasteiger partial charge < -0.3 is 19.6 Å². The molecule has 0 aromatic heterocycles. The van der Waals surface area contributed by atoms with Crippen molar-refractivity contribution in [1.29, 1.82) is 0 Å². The van der Waals surface area contributed by atoms with Crippen LogP contribution in [0.1, 0.15) is 54.0 Å². The van der Waals surface area contributed by atoms with Crippen LogP contribution in [-0.2, 0) is 16.9 Å². The third kappa shape index (κ3) is 5.27. The minimum atomic E-state index is -0.562. The summed E-state index contributed by atoms with van der Waals surface area (Å²) in [5, 5.41) is 10.6. The number of ether oxygens (including phenoxy) is 1. The molecule has 0 aliphatic carbocycles. The van der Waals surface area contributed by atoms with Crippen LogP contribution in [0.2, 0.25) is 0 Å². The van der Waals surface area contributed by atoms with E-state index in [0.29, 0.717) is 6.61 Å². The first-order chi connectivity index (χ1) is 14.3. The highest BCUT2D eigenvalue weighted by Gasteiger charge is 2.41. The number of rotatable bonds is 10. The van der Waals surface area contributed by atoms with Gasteiger partial charge in [0.15, 0.2) is 0 Å². The van der Waals surface area contributed by atoms with Crippen molar-refractivity contribution in [3.05, 3.63) is 70.5 Å². The maximum Gasteiger partial charge on any atom is 0.123 e. The van der Waals surface area contributed by atoms with Crippen LogP contribution in [-0.4, -0.2) is 56.2 Å². The summed E-state index contributed by atoms with van der Waals surface area (Å²) >= 11 is 0. The summed E-state index contributed by atoms with van der Waals surface area (Å²) in [5.74, 6) is -0.239. The van der Waals surface area contributed by atoms with E-state index in [4.69, 9.17) is 4.74 Å². The van der Waals surface area contributed by atoms with E-state index in [1.807, 2.05) is 32.3 Å². The van der Waals surface area contributed by atoms with Gasteiger partial charge in [0.1, 0.15) is 11.4 Å². The smallest absolute Gasteiger partial charge is 0.123 e. The lowest BCUT2D eigenvalue weighted by Crippen LogP contribution is -2.28. The van der Waals surface area contributed by atoms with Crippen LogP contribution in [0.3, 0.4) is 0 Å². The molecule has 4 nitrogen and oxygen atoms in total. The van der Waals surface area contributed by atoms with Gasteiger partial charge in [0.25, 0.3) is 0 Å². The van der Waals surface area contributed by atoms with Crippen molar-refractivity contribution in [2.45, 2.75) is 44.0 Å². The number of halogens is 1. The average molecular weight is 415 g/mol. The lowest BCUT2D eigenvalue weighted by atomic mass is 9.81. The van der Waals surface area contributed by atoms with Crippen molar-refractivity contribution < 1.29 is 14.2 Å². The minimum absolute atomic E-state index is 0.239. The summed E-state index contributed by atoms with van der Waals surface area (Å²) in [6.07, 6.45) is 3.02. The van der Waals surface area contributed by atoms with Crippen molar-refractivity contribution in [3.8, 4) is 0 Å². The quantitative estimate of drug-likeness (QED) is 0.628. The number of aliphatic hydroxyl groups excluding tert-OH is 1. The molecule has 1 aliphatic rings. The van der Waals surface area contributed by atoms with E-state index in [2.05, 4.69) is 36.0 Å². The SMILES string of the molecule is CN(C)CCCC(O)c1ccc2c(c1)COC2(CCCN(C)C)c1ccc(F)cc1. The summed E-state index contributed by atoms with van der Waals surface area (Å²) in [6.45, 7) is 2.43. The first-order valence-electron chi connectivity index (χ1n) is 10.8. The zero-order chi connectivity index (χ0) is 21.7. The predicted octanol–water partition coefficient (Wildman–Crippen LogP) is 4.32. The molecule has 0 radical (unpaired) electrons. The topological polar surface area (TPSA) is 35.9 Å². The Morgan fingerprint density at radius 3 is 2.33 bits per heavy atom. The summed E-state index contributed by atoms with van der Waals surface area (Å²) in [5.41, 5.74) is 3.62. The summed E-state index contributed by atoms with van der Waals surface area (Å²) in [7, 11) is 8.23. The van der Waals surface area contributed by atoms with Gasteiger partial charge >= 0.3 is 0 Å². The Balaban J connectivity index is 1.86. The molecule has 2 atom stereocenters. The van der Waals surface area contributed by atoms with Crippen molar-refractivity contribution in [1.82, 2.24) is 9.80 Å². The van der Waals surface area contributed by atoms with E-state index in [0.717, 1.165) is 61.0 Å². The second kappa shape index (κ2) is 10.0. The van der Waals surface area contributed by atoms with Gasteiger partial charge in [0, 0.05) is 0 Å². The molecule has 164 valence electrons. The lowest BCUT2D eigenvalue weighted by Gasteiger charge is -2.31. The van der Waals surface area contributed by atoms with Crippen molar-refractivity contribution in [2.24, 2.45) is 0 Å². The number of benzene rings is 2. The largest absolute Gasteiger partial charge is 0.388 e. The molecule has 0 bridgehead atoms. The van der Waals surface area contributed by atoms with Crippen LogP contribution in [0, 0.1) is 5.82 Å². The van der Waals surface area contributed by atoms with Crippen LogP contribution in [0.25, 0.3) is 0 Å². The first kappa shape index (κ1) is 22.9. The van der Waals surface area contributed by atoms with E-state index in [9.17, 15) is 9.50 Å². The molecule has 2 aromatic rings. The second-order valence-corrected chi connectivity index (χ2v) is 8.91. The molecule has 3 rings (SSSR count). The highest BCUT2D eigenvalue weighted by Crippen LogP contribution is 2.46. The van der Waals surface area contributed by atoms with Crippen LogP contribution >= 0.6 is 0 Å². The molecular weight excluding hydrogens is 379 g/mol. The monoisotopic (exact) mass is 414 g/mol. The second-order valence-electron chi connectivity index (χ2n) is 8.91. The van der Waals surface area contributed by atoms with Gasteiger partial charge in [-0.1, -0.05) is 30.3 Å². The zero-order valence-electron chi connectivity index (χ0n) is 18.7. The summed E-state index contributed by atoms with van der Waals surface area (Å²) in [6, 6.07) is 12.9. The molecule has 1 N–H and O–H groups in total. The van der Waals surface area contributed by atoms with E-state index in [1.54, 1.807) is 0 Å². The Bertz CT molecular complexity index is 822. The molecule has 0 saturated heterocycles. The molecule has 1 heterocycles. The van der Waals surface area contributed by atoms with Crippen molar-refractivity contribution >= 4 is 0 Å². The third-order valence-corrected chi connectivity index (χ3v) is 5.95. The Morgan fingerprint density at radius 2 is 1.67 bits per heavy atom. The van der Waals surface area contributed by atoms with Gasteiger partial charge in [-0.3, -0.25) is 0 Å². The van der Waals surface area contributed by atoms with Gasteiger partial charge in [-0.05, 0) is 101 Å². The van der Waals surface area contributed by atoms with Gasteiger partial charge in [0.2, 0.25) is 0 Å². The van der Waals surface area contributed by atoms with Crippen LogP contribution in [0.15, 0.2) is 42.5 Å². The van der Waals surface area contributed by atoms with E-state index >= 15 is 0 Å². The van der Waals surface area contributed by atoms with Gasteiger partial charge in [0.05, 0.1) is 12.7 Å². The average Bonchev–Trinajstić information content (AvgIpc) is 3.07. The Labute approximate surface area is 180 Å². The number of fused-ring (bicyclic) bond motifs is 1. The predicted molar refractivity (Wildman–Crippen MR) is 119 cm³/mol. The molecule has 30 heavy (non-hydrogen) atoms. The highest BCUT2D eigenvalue weighted by molar-refractivity contribution is 5.46. The van der Waals surface area contributed by atoms with E-state index in [-0.39, 0.29) is 5.82 Å². The number of nitrogens with zero attached hydrogens (tertiary/aromatic N) is 2. The molecule has 0 fully saturated rings. The first-order valence-corrected chi connectivity index (χ1v) is 10.8. The minimum Gasteiger partial charge on any atom is -0.388 e. The molecule has 5 heteroatoms. The Morgan fingerprint density at radius 1 is 1.00 bits per heavy atom. The zero-order valence-corrected chi connectivity index (χ0v) is 18.7. The fraction of sp³-hybridized carbons (Fsp3) is 0.520. The van der Waals surface area contributed by atoms with Gasteiger partial charge in [-0.2, -0.15) is 0 Å². The summed E-state index contributed by atoms with van der Waals surface area (Å²) < 4.78 is 20.0. The fourth-order valence-electron chi connectivity index (χ4n) is 4.33. The van der Waals surface area contributed by atoms with E-state index in [1.165, 1.54) is 12.1 Å². The Hall–Kier alpha value is -1.79. The summed E-state index contributed by atoms with van der Waals surface area (Å²) in [4.78, 5) is 4.30. The van der Waals surface area contributed by atoms with Crippen LogP contribution in [0.4, 0.5) is 4.39 Å². The van der Waals surface area contributed by atoms with Crippen LogP contribution < -0.4 is 0 Å².